The zero-order valence-corrected chi connectivity index (χ0v) is 15.4. The molecule has 25 heavy (non-hydrogen) atoms. The average Bonchev–Trinajstić information content (AvgIpc) is 2.94. The summed E-state index contributed by atoms with van der Waals surface area (Å²) < 4.78 is 7.40. The lowest BCUT2D eigenvalue weighted by atomic mass is 10.1. The largest absolute Gasteiger partial charge is 0.495 e. The van der Waals surface area contributed by atoms with Gasteiger partial charge in [-0.25, -0.2) is 0 Å². The minimum atomic E-state index is -0.0531. The molecule has 8 heteroatoms. The van der Waals surface area contributed by atoms with Gasteiger partial charge in [0.05, 0.1) is 31.5 Å². The number of aromatic nitrogens is 4. The van der Waals surface area contributed by atoms with E-state index in [2.05, 4.69) is 24.6 Å². The Bertz CT molecular complexity index is 785. The van der Waals surface area contributed by atoms with Crippen LogP contribution in [0.1, 0.15) is 27.6 Å². The molecule has 1 amide bonds. The third-order valence-electron chi connectivity index (χ3n) is 4.61. The number of fused-ring (bicyclic) bond motifs is 1. The lowest BCUT2D eigenvalue weighted by Crippen LogP contribution is -2.51. The van der Waals surface area contributed by atoms with Crippen LogP contribution in [-0.4, -0.2) is 69.2 Å². The lowest BCUT2D eigenvalue weighted by molar-refractivity contribution is 0.0541. The molecule has 0 saturated heterocycles. The van der Waals surface area contributed by atoms with Gasteiger partial charge in [0.1, 0.15) is 11.6 Å². The Morgan fingerprint density at radius 2 is 2.08 bits per heavy atom. The van der Waals surface area contributed by atoms with Crippen LogP contribution in [0.5, 0.6) is 5.75 Å². The van der Waals surface area contributed by atoms with Crippen LogP contribution in [0.25, 0.3) is 0 Å². The smallest absolute Gasteiger partial charge is 0.256 e. The van der Waals surface area contributed by atoms with Crippen LogP contribution < -0.4 is 4.74 Å². The predicted molar refractivity (Wildman–Crippen MR) is 92.5 cm³/mol. The van der Waals surface area contributed by atoms with Crippen LogP contribution in [0.3, 0.4) is 0 Å². The van der Waals surface area contributed by atoms with E-state index < -0.39 is 0 Å². The Morgan fingerprint density at radius 1 is 1.32 bits per heavy atom. The summed E-state index contributed by atoms with van der Waals surface area (Å²) in [5.41, 5.74) is 1.36. The minimum Gasteiger partial charge on any atom is -0.495 e. The van der Waals surface area contributed by atoms with Crippen LogP contribution in [-0.2, 0) is 13.1 Å². The molecule has 0 saturated carbocycles. The van der Waals surface area contributed by atoms with E-state index in [-0.39, 0.29) is 11.9 Å². The van der Waals surface area contributed by atoms with E-state index in [1.54, 1.807) is 19.5 Å². The Kier molecular flexibility index (Phi) is 4.71. The molecule has 3 heterocycles. The van der Waals surface area contributed by atoms with Gasteiger partial charge in [0.2, 0.25) is 0 Å². The second-order valence-corrected chi connectivity index (χ2v) is 6.64. The molecule has 0 fully saturated rings. The summed E-state index contributed by atoms with van der Waals surface area (Å²) in [6.45, 7) is 5.71. The number of pyridine rings is 1. The number of hydrogen-bond acceptors (Lipinski definition) is 6. The van der Waals surface area contributed by atoms with Gasteiger partial charge in [0.25, 0.3) is 5.91 Å². The molecule has 2 aromatic rings. The third-order valence-corrected chi connectivity index (χ3v) is 4.61. The van der Waals surface area contributed by atoms with Crippen molar-refractivity contribution in [3.05, 3.63) is 35.2 Å². The molecule has 1 aliphatic heterocycles. The molecule has 134 valence electrons. The van der Waals surface area contributed by atoms with Gasteiger partial charge in [-0.2, -0.15) is 0 Å². The van der Waals surface area contributed by atoms with Gasteiger partial charge in [0, 0.05) is 24.8 Å². The molecule has 0 N–H and O–H groups in total. The Labute approximate surface area is 147 Å². The molecule has 1 unspecified atom stereocenters. The maximum absolute atomic E-state index is 13.3. The van der Waals surface area contributed by atoms with E-state index in [9.17, 15) is 4.79 Å². The topological polar surface area (TPSA) is 76.4 Å². The van der Waals surface area contributed by atoms with E-state index in [0.29, 0.717) is 24.4 Å². The third kappa shape index (κ3) is 3.21. The standard InChI is InChI=1S/C17H24N6O2/c1-11-14(6-18-7-15(11)25-5)17(24)23-10-16-20-19-12(2)22(16)9-13(23)8-21(3)4/h6-7,13H,8-10H2,1-5H3. The Hall–Kier alpha value is -2.48. The summed E-state index contributed by atoms with van der Waals surface area (Å²) in [6, 6.07) is 0.0373. The van der Waals surface area contributed by atoms with Crippen molar-refractivity contribution in [3.8, 4) is 5.75 Å². The van der Waals surface area contributed by atoms with Gasteiger partial charge in [-0.15, -0.1) is 10.2 Å². The number of rotatable bonds is 4. The maximum atomic E-state index is 13.3. The van der Waals surface area contributed by atoms with Crippen molar-refractivity contribution >= 4 is 5.91 Å². The first-order valence-electron chi connectivity index (χ1n) is 8.25. The number of carbonyl (C=O) groups excluding carboxylic acids is 1. The molecule has 2 aromatic heterocycles. The highest BCUT2D eigenvalue weighted by Gasteiger charge is 2.33. The maximum Gasteiger partial charge on any atom is 0.256 e. The van der Waals surface area contributed by atoms with E-state index in [4.69, 9.17) is 4.74 Å². The van der Waals surface area contributed by atoms with Crippen molar-refractivity contribution in [3.63, 3.8) is 0 Å². The summed E-state index contributed by atoms with van der Waals surface area (Å²) in [4.78, 5) is 21.4. The Morgan fingerprint density at radius 3 is 2.76 bits per heavy atom. The van der Waals surface area contributed by atoms with E-state index in [0.717, 1.165) is 23.8 Å². The number of ether oxygens (including phenoxy) is 1. The molecular weight excluding hydrogens is 320 g/mol. The molecule has 1 atom stereocenters. The average molecular weight is 344 g/mol. The first-order valence-corrected chi connectivity index (χ1v) is 8.25. The van der Waals surface area contributed by atoms with E-state index in [1.807, 2.05) is 32.8 Å². The highest BCUT2D eigenvalue weighted by molar-refractivity contribution is 5.96. The summed E-state index contributed by atoms with van der Waals surface area (Å²) in [6.07, 6.45) is 3.23. The van der Waals surface area contributed by atoms with Gasteiger partial charge < -0.3 is 19.1 Å². The molecule has 0 bridgehead atoms. The van der Waals surface area contributed by atoms with Crippen molar-refractivity contribution in [2.24, 2.45) is 0 Å². The predicted octanol–water partition coefficient (Wildman–Crippen LogP) is 0.885. The van der Waals surface area contributed by atoms with Gasteiger partial charge in [-0.1, -0.05) is 0 Å². The molecular formula is C17H24N6O2. The van der Waals surface area contributed by atoms with Gasteiger partial charge in [-0.3, -0.25) is 9.78 Å². The van der Waals surface area contributed by atoms with Crippen LogP contribution in [0, 0.1) is 13.8 Å². The SMILES string of the molecule is COc1cncc(C(=O)N2Cc3nnc(C)n3CC2CN(C)C)c1C. The van der Waals surface area contributed by atoms with Crippen LogP contribution in [0.4, 0.5) is 0 Å². The van der Waals surface area contributed by atoms with Gasteiger partial charge in [-0.05, 0) is 27.9 Å². The summed E-state index contributed by atoms with van der Waals surface area (Å²) >= 11 is 0. The molecule has 0 aromatic carbocycles. The monoisotopic (exact) mass is 344 g/mol. The molecule has 3 rings (SSSR count). The number of nitrogens with zero attached hydrogens (tertiary/aromatic N) is 6. The fourth-order valence-electron chi connectivity index (χ4n) is 3.27. The number of methoxy groups -OCH3 is 1. The number of aryl methyl sites for hydroxylation is 1. The zero-order valence-electron chi connectivity index (χ0n) is 15.4. The van der Waals surface area contributed by atoms with Crippen LogP contribution >= 0.6 is 0 Å². The quantitative estimate of drug-likeness (QED) is 0.820. The molecule has 1 aliphatic rings. The molecule has 8 nitrogen and oxygen atoms in total. The normalized spacial score (nSPS) is 16.9. The number of amides is 1. The summed E-state index contributed by atoms with van der Waals surface area (Å²) in [5, 5.41) is 8.37. The summed E-state index contributed by atoms with van der Waals surface area (Å²) in [7, 11) is 5.60. The Balaban J connectivity index is 1.96. The highest BCUT2D eigenvalue weighted by atomic mass is 16.5. The molecule has 0 aliphatic carbocycles. The van der Waals surface area contributed by atoms with Crippen LogP contribution in [0.15, 0.2) is 12.4 Å². The summed E-state index contributed by atoms with van der Waals surface area (Å²) in [5.74, 6) is 2.26. The lowest BCUT2D eigenvalue weighted by Gasteiger charge is -2.37. The molecule has 0 radical (unpaired) electrons. The van der Waals surface area contributed by atoms with Gasteiger partial charge in [0.15, 0.2) is 5.82 Å². The second-order valence-electron chi connectivity index (χ2n) is 6.64. The number of likely N-dealkylation sites (N-methyl/N-ethyl adjacent to an activating group) is 1. The van der Waals surface area contributed by atoms with Crippen molar-refractivity contribution in [1.82, 2.24) is 29.5 Å². The first-order chi connectivity index (χ1) is 11.9. The number of carbonyl (C=O) groups is 1. The fourth-order valence-corrected chi connectivity index (χ4v) is 3.27. The van der Waals surface area contributed by atoms with E-state index >= 15 is 0 Å². The van der Waals surface area contributed by atoms with Crippen molar-refractivity contribution < 1.29 is 9.53 Å². The minimum absolute atomic E-state index is 0.0373. The van der Waals surface area contributed by atoms with Crippen molar-refractivity contribution in [1.29, 1.82) is 0 Å². The van der Waals surface area contributed by atoms with Gasteiger partial charge >= 0.3 is 0 Å². The second kappa shape index (κ2) is 6.79. The van der Waals surface area contributed by atoms with Crippen molar-refractivity contribution in [2.75, 3.05) is 27.7 Å². The molecule has 0 spiro atoms. The van der Waals surface area contributed by atoms with E-state index in [1.165, 1.54) is 0 Å². The number of hydrogen-bond donors (Lipinski definition) is 0. The highest BCUT2D eigenvalue weighted by Crippen LogP contribution is 2.25. The fraction of sp³-hybridized carbons (Fsp3) is 0.529. The van der Waals surface area contributed by atoms with Crippen LogP contribution in [0.2, 0.25) is 0 Å². The first kappa shape index (κ1) is 17.3. The zero-order chi connectivity index (χ0) is 18.1. The van der Waals surface area contributed by atoms with Crippen molar-refractivity contribution in [2.45, 2.75) is 33.0 Å².